The number of aromatic nitrogens is 1. The Balaban J connectivity index is 1.81. The zero-order valence-corrected chi connectivity index (χ0v) is 12.9. The Kier molecular flexibility index (Phi) is 5.79. The van der Waals surface area contributed by atoms with E-state index in [1.807, 2.05) is 22.5 Å². The number of carbonyl (C=O) groups is 1. The average Bonchev–Trinajstić information content (AvgIpc) is 2.81. The first-order valence-electron chi connectivity index (χ1n) is 7.24. The van der Waals surface area contributed by atoms with Crippen LogP contribution in [0.5, 0.6) is 0 Å². The second kappa shape index (κ2) is 7.59. The molecule has 0 radical (unpaired) electrons. The van der Waals surface area contributed by atoms with Gasteiger partial charge in [0, 0.05) is 50.4 Å². The Hall–Kier alpha value is -1.14. The predicted octanol–water partition coefficient (Wildman–Crippen LogP) is 1.26. The second-order valence-corrected chi connectivity index (χ2v) is 6.29. The Morgan fingerprint density at radius 1 is 1.40 bits per heavy atom. The SMILES string of the molecule is CCCn1cc(N)cc1C(=O)NCCN1CCSCC1. The smallest absolute Gasteiger partial charge is 0.268 e. The second-order valence-electron chi connectivity index (χ2n) is 5.06. The first-order chi connectivity index (χ1) is 9.70. The maximum absolute atomic E-state index is 12.2. The van der Waals surface area contributed by atoms with Gasteiger partial charge in [-0.3, -0.25) is 9.69 Å². The summed E-state index contributed by atoms with van der Waals surface area (Å²) < 4.78 is 1.93. The van der Waals surface area contributed by atoms with Crippen LogP contribution >= 0.6 is 11.8 Å². The monoisotopic (exact) mass is 296 g/mol. The van der Waals surface area contributed by atoms with E-state index in [0.717, 1.165) is 32.6 Å². The number of nitrogen functional groups attached to an aromatic ring is 1. The fourth-order valence-electron chi connectivity index (χ4n) is 2.39. The quantitative estimate of drug-likeness (QED) is 0.829. The molecule has 1 fully saturated rings. The first-order valence-corrected chi connectivity index (χ1v) is 8.40. The van der Waals surface area contributed by atoms with Crippen LogP contribution in [0.15, 0.2) is 12.3 Å². The van der Waals surface area contributed by atoms with Crippen LogP contribution in [0.1, 0.15) is 23.8 Å². The number of amides is 1. The summed E-state index contributed by atoms with van der Waals surface area (Å²) in [5, 5.41) is 2.99. The molecule has 3 N–H and O–H groups in total. The minimum atomic E-state index is -0.0264. The van der Waals surface area contributed by atoms with Crippen LogP contribution in [0.2, 0.25) is 0 Å². The highest BCUT2D eigenvalue weighted by Gasteiger charge is 2.14. The number of aryl methyl sites for hydroxylation is 1. The van der Waals surface area contributed by atoms with E-state index in [9.17, 15) is 4.79 Å². The summed E-state index contributed by atoms with van der Waals surface area (Å²) >= 11 is 2.00. The summed E-state index contributed by atoms with van der Waals surface area (Å²) in [6.07, 6.45) is 2.82. The van der Waals surface area contributed by atoms with Gasteiger partial charge in [-0.05, 0) is 12.5 Å². The minimum Gasteiger partial charge on any atom is -0.397 e. The van der Waals surface area contributed by atoms with Crippen LogP contribution in [0.4, 0.5) is 5.69 Å². The number of nitrogens with two attached hydrogens (primary N) is 1. The molecule has 20 heavy (non-hydrogen) atoms. The van der Waals surface area contributed by atoms with Gasteiger partial charge in [0.15, 0.2) is 0 Å². The van der Waals surface area contributed by atoms with E-state index in [1.54, 1.807) is 6.07 Å². The van der Waals surface area contributed by atoms with Gasteiger partial charge in [-0.15, -0.1) is 0 Å². The molecule has 1 aromatic heterocycles. The van der Waals surface area contributed by atoms with Crippen molar-refractivity contribution in [3.8, 4) is 0 Å². The number of hydrogen-bond donors (Lipinski definition) is 2. The molecule has 1 aliphatic heterocycles. The molecule has 0 bridgehead atoms. The summed E-state index contributed by atoms with van der Waals surface area (Å²) in [6, 6.07) is 1.75. The van der Waals surface area contributed by atoms with E-state index in [0.29, 0.717) is 17.9 Å². The fraction of sp³-hybridized carbons (Fsp3) is 0.643. The van der Waals surface area contributed by atoms with Crippen molar-refractivity contribution in [2.75, 3.05) is 43.4 Å². The standard InChI is InChI=1S/C14H24N4OS/c1-2-4-18-11-12(15)10-13(18)14(19)16-3-5-17-6-8-20-9-7-17/h10-11H,2-9,15H2,1H3,(H,16,19). The predicted molar refractivity (Wildman–Crippen MR) is 85.2 cm³/mol. The third kappa shape index (κ3) is 4.18. The molecule has 0 aromatic carbocycles. The van der Waals surface area contributed by atoms with Crippen LogP contribution in [0.25, 0.3) is 0 Å². The van der Waals surface area contributed by atoms with Crippen LogP contribution in [0, 0.1) is 0 Å². The molecule has 1 aromatic rings. The lowest BCUT2D eigenvalue weighted by Gasteiger charge is -2.26. The van der Waals surface area contributed by atoms with E-state index in [-0.39, 0.29) is 5.91 Å². The van der Waals surface area contributed by atoms with E-state index in [4.69, 9.17) is 5.73 Å². The minimum absolute atomic E-state index is 0.0264. The van der Waals surface area contributed by atoms with Crippen molar-refractivity contribution in [2.24, 2.45) is 0 Å². The molecule has 1 aliphatic rings. The summed E-state index contributed by atoms with van der Waals surface area (Å²) in [5.74, 6) is 2.37. The molecule has 112 valence electrons. The summed E-state index contributed by atoms with van der Waals surface area (Å²) in [7, 11) is 0. The lowest BCUT2D eigenvalue weighted by Crippen LogP contribution is -2.39. The van der Waals surface area contributed by atoms with Crippen LogP contribution in [-0.4, -0.2) is 53.1 Å². The molecule has 0 saturated carbocycles. The lowest BCUT2D eigenvalue weighted by molar-refractivity contribution is 0.0939. The number of hydrogen-bond acceptors (Lipinski definition) is 4. The van der Waals surface area contributed by atoms with Gasteiger partial charge in [0.25, 0.3) is 5.91 Å². The van der Waals surface area contributed by atoms with Crippen molar-refractivity contribution in [1.29, 1.82) is 0 Å². The zero-order chi connectivity index (χ0) is 14.4. The van der Waals surface area contributed by atoms with Gasteiger partial charge in [0.1, 0.15) is 5.69 Å². The topological polar surface area (TPSA) is 63.3 Å². The summed E-state index contributed by atoms with van der Waals surface area (Å²) in [5.41, 5.74) is 7.10. The Morgan fingerprint density at radius 2 is 2.15 bits per heavy atom. The maximum atomic E-state index is 12.2. The van der Waals surface area contributed by atoms with E-state index in [2.05, 4.69) is 17.1 Å². The number of carbonyl (C=O) groups excluding carboxylic acids is 1. The molecule has 0 unspecified atom stereocenters. The Morgan fingerprint density at radius 3 is 2.85 bits per heavy atom. The third-order valence-corrected chi connectivity index (χ3v) is 4.37. The molecule has 2 rings (SSSR count). The van der Waals surface area contributed by atoms with E-state index < -0.39 is 0 Å². The molecule has 6 heteroatoms. The lowest BCUT2D eigenvalue weighted by atomic mass is 10.3. The number of anilines is 1. The van der Waals surface area contributed by atoms with Crippen molar-refractivity contribution in [3.05, 3.63) is 18.0 Å². The summed E-state index contributed by atoms with van der Waals surface area (Å²) in [4.78, 5) is 14.6. The van der Waals surface area contributed by atoms with Crippen molar-refractivity contribution >= 4 is 23.4 Å². The highest BCUT2D eigenvalue weighted by Crippen LogP contribution is 2.11. The Labute approximate surface area is 124 Å². The van der Waals surface area contributed by atoms with Crippen LogP contribution < -0.4 is 11.1 Å². The highest BCUT2D eigenvalue weighted by molar-refractivity contribution is 7.99. The fourth-order valence-corrected chi connectivity index (χ4v) is 3.37. The molecule has 5 nitrogen and oxygen atoms in total. The van der Waals surface area contributed by atoms with Crippen LogP contribution in [-0.2, 0) is 6.54 Å². The van der Waals surface area contributed by atoms with E-state index >= 15 is 0 Å². The van der Waals surface area contributed by atoms with Gasteiger partial charge < -0.3 is 15.6 Å². The first kappa shape index (κ1) is 15.3. The highest BCUT2D eigenvalue weighted by atomic mass is 32.2. The number of nitrogens with one attached hydrogen (secondary N) is 1. The van der Waals surface area contributed by atoms with Crippen LogP contribution in [0.3, 0.4) is 0 Å². The van der Waals surface area contributed by atoms with E-state index in [1.165, 1.54) is 11.5 Å². The molecular formula is C14H24N4OS. The molecule has 0 aliphatic carbocycles. The Bertz CT molecular complexity index is 440. The van der Waals surface area contributed by atoms with Gasteiger partial charge in [-0.25, -0.2) is 0 Å². The van der Waals surface area contributed by atoms with Gasteiger partial charge in [-0.2, -0.15) is 11.8 Å². The van der Waals surface area contributed by atoms with Gasteiger partial charge in [0.05, 0.1) is 5.69 Å². The van der Waals surface area contributed by atoms with Crippen molar-refractivity contribution < 1.29 is 4.79 Å². The average molecular weight is 296 g/mol. The molecule has 2 heterocycles. The molecule has 0 atom stereocenters. The number of rotatable bonds is 6. The largest absolute Gasteiger partial charge is 0.397 e. The molecule has 0 spiro atoms. The normalized spacial score (nSPS) is 16.2. The molecule has 1 amide bonds. The van der Waals surface area contributed by atoms with Crippen molar-refractivity contribution in [3.63, 3.8) is 0 Å². The van der Waals surface area contributed by atoms with Gasteiger partial charge in [-0.1, -0.05) is 6.92 Å². The van der Waals surface area contributed by atoms with Gasteiger partial charge >= 0.3 is 0 Å². The molecule has 1 saturated heterocycles. The third-order valence-electron chi connectivity index (χ3n) is 3.43. The number of nitrogens with zero attached hydrogens (tertiary/aromatic N) is 2. The van der Waals surface area contributed by atoms with Crippen molar-refractivity contribution in [1.82, 2.24) is 14.8 Å². The van der Waals surface area contributed by atoms with Gasteiger partial charge in [0.2, 0.25) is 0 Å². The maximum Gasteiger partial charge on any atom is 0.268 e. The van der Waals surface area contributed by atoms with Crippen molar-refractivity contribution in [2.45, 2.75) is 19.9 Å². The zero-order valence-electron chi connectivity index (χ0n) is 12.1. The molecular weight excluding hydrogens is 272 g/mol. The number of thioether (sulfide) groups is 1. The summed E-state index contributed by atoms with van der Waals surface area (Å²) in [6.45, 7) is 6.78.